The molecule has 18 heavy (non-hydrogen) atoms. The van der Waals surface area contributed by atoms with Gasteiger partial charge in [0.05, 0.1) is 6.20 Å². The lowest BCUT2D eigenvalue weighted by molar-refractivity contribution is 0.892. The topological polar surface area (TPSA) is 79.4 Å². The number of anilines is 1. The highest BCUT2D eigenvalue weighted by Gasteiger charge is 2.02. The second-order valence-corrected chi connectivity index (χ2v) is 3.89. The fraction of sp³-hybridized carbons (Fsp3) is 0.167. The third-order valence-corrected chi connectivity index (χ3v) is 2.69. The van der Waals surface area contributed by atoms with Crippen LogP contribution in [0.15, 0.2) is 36.8 Å². The van der Waals surface area contributed by atoms with Gasteiger partial charge in [-0.05, 0) is 0 Å². The van der Waals surface area contributed by atoms with Crippen LogP contribution < -0.4 is 5.32 Å². The molecule has 6 nitrogen and oxygen atoms in total. The first-order valence-corrected chi connectivity index (χ1v) is 5.72. The van der Waals surface area contributed by atoms with Gasteiger partial charge >= 0.3 is 0 Å². The van der Waals surface area contributed by atoms with E-state index in [1.54, 1.807) is 6.20 Å². The van der Waals surface area contributed by atoms with Crippen LogP contribution in [0.3, 0.4) is 0 Å². The monoisotopic (exact) mass is 240 g/mol. The molecule has 0 saturated carbocycles. The van der Waals surface area contributed by atoms with Gasteiger partial charge in [-0.15, -0.1) is 5.10 Å². The molecule has 0 saturated heterocycles. The number of nitrogens with one attached hydrogen (secondary N) is 2. The number of hydrogen-bond donors (Lipinski definition) is 2. The van der Waals surface area contributed by atoms with E-state index in [0.29, 0.717) is 0 Å². The van der Waals surface area contributed by atoms with E-state index < -0.39 is 0 Å². The number of hydrogen-bond acceptors (Lipinski definition) is 5. The third-order valence-electron chi connectivity index (χ3n) is 2.69. The van der Waals surface area contributed by atoms with Crippen molar-refractivity contribution in [3.05, 3.63) is 42.6 Å². The van der Waals surface area contributed by atoms with Crippen LogP contribution in [0.4, 0.5) is 5.82 Å². The third kappa shape index (κ3) is 2.13. The smallest absolute Gasteiger partial charge is 0.156 e. The van der Waals surface area contributed by atoms with Crippen molar-refractivity contribution in [2.45, 2.75) is 6.42 Å². The Kier molecular flexibility index (Phi) is 2.83. The summed E-state index contributed by atoms with van der Waals surface area (Å²) in [5, 5.41) is 20.1. The Morgan fingerprint density at radius 3 is 3.06 bits per heavy atom. The van der Waals surface area contributed by atoms with Gasteiger partial charge in [0, 0.05) is 23.7 Å². The summed E-state index contributed by atoms with van der Waals surface area (Å²) in [6.45, 7) is 0.734. The van der Waals surface area contributed by atoms with Gasteiger partial charge in [-0.2, -0.15) is 10.2 Å². The van der Waals surface area contributed by atoms with Crippen LogP contribution in [0.1, 0.15) is 5.82 Å². The average molecular weight is 240 g/mol. The Labute approximate surface area is 103 Å². The molecule has 0 aliphatic carbocycles. The minimum atomic E-state index is 0.734. The van der Waals surface area contributed by atoms with Crippen LogP contribution >= 0.6 is 0 Å². The summed E-state index contributed by atoms with van der Waals surface area (Å²) >= 11 is 0. The van der Waals surface area contributed by atoms with Crippen molar-refractivity contribution < 1.29 is 0 Å². The molecule has 0 radical (unpaired) electrons. The lowest BCUT2D eigenvalue weighted by Crippen LogP contribution is -2.08. The molecular formula is C12H12N6. The number of benzene rings is 1. The molecule has 6 heteroatoms. The summed E-state index contributed by atoms with van der Waals surface area (Å²) in [5.74, 6) is 1.66. The zero-order valence-electron chi connectivity index (χ0n) is 9.67. The Balaban J connectivity index is 1.74. The van der Waals surface area contributed by atoms with Crippen molar-refractivity contribution >= 4 is 16.6 Å². The quantitative estimate of drug-likeness (QED) is 0.720. The van der Waals surface area contributed by atoms with E-state index in [-0.39, 0.29) is 0 Å². The SMILES string of the molecule is c1ccc2c(NCCc3ncn[nH]3)nncc2c1. The first-order chi connectivity index (χ1) is 8.93. The number of H-pyrrole nitrogens is 1. The zero-order chi connectivity index (χ0) is 12.2. The van der Waals surface area contributed by atoms with E-state index in [9.17, 15) is 0 Å². The summed E-state index contributed by atoms with van der Waals surface area (Å²) in [6.07, 6.45) is 4.04. The molecular weight excluding hydrogens is 228 g/mol. The standard InChI is InChI=1S/C12H12N6/c1-2-4-10-9(3-1)7-15-18-12(10)13-6-5-11-14-8-16-17-11/h1-4,7-8H,5-6H2,(H,13,18)(H,14,16,17). The molecule has 0 spiro atoms. The molecule has 0 unspecified atom stereocenters. The molecule has 0 atom stereocenters. The predicted octanol–water partition coefficient (Wildman–Crippen LogP) is 1.40. The molecule has 0 aliphatic heterocycles. The van der Waals surface area contributed by atoms with Gasteiger partial charge in [0.25, 0.3) is 0 Å². The van der Waals surface area contributed by atoms with E-state index in [1.807, 2.05) is 24.3 Å². The molecule has 1 aromatic carbocycles. The summed E-state index contributed by atoms with van der Waals surface area (Å²) in [6, 6.07) is 8.03. The van der Waals surface area contributed by atoms with Crippen molar-refractivity contribution in [3.63, 3.8) is 0 Å². The van der Waals surface area contributed by atoms with Gasteiger partial charge in [0.2, 0.25) is 0 Å². The molecule has 0 amide bonds. The molecule has 2 heterocycles. The lowest BCUT2D eigenvalue weighted by Gasteiger charge is -2.06. The summed E-state index contributed by atoms with van der Waals surface area (Å²) in [5.41, 5.74) is 0. The maximum absolute atomic E-state index is 4.12. The maximum atomic E-state index is 4.12. The van der Waals surface area contributed by atoms with Gasteiger partial charge in [-0.1, -0.05) is 24.3 Å². The Hall–Kier alpha value is -2.50. The molecule has 0 aliphatic rings. The van der Waals surface area contributed by atoms with Crippen LogP contribution in [0.25, 0.3) is 10.8 Å². The molecule has 0 fully saturated rings. The molecule has 2 aromatic heterocycles. The maximum Gasteiger partial charge on any atom is 0.156 e. The molecule has 3 aromatic rings. The van der Waals surface area contributed by atoms with Crippen molar-refractivity contribution in [2.24, 2.45) is 0 Å². The Morgan fingerprint density at radius 2 is 2.17 bits per heavy atom. The lowest BCUT2D eigenvalue weighted by atomic mass is 10.2. The molecule has 3 rings (SSSR count). The van der Waals surface area contributed by atoms with Crippen LogP contribution in [0, 0.1) is 0 Å². The number of aromatic nitrogens is 5. The summed E-state index contributed by atoms with van der Waals surface area (Å²) in [4.78, 5) is 4.07. The first kappa shape index (κ1) is 10.6. The summed E-state index contributed by atoms with van der Waals surface area (Å²) < 4.78 is 0. The Bertz CT molecular complexity index is 629. The largest absolute Gasteiger partial charge is 0.368 e. The highest BCUT2D eigenvalue weighted by Crippen LogP contribution is 2.18. The van der Waals surface area contributed by atoms with Crippen LogP contribution in [0.5, 0.6) is 0 Å². The molecule has 2 N–H and O–H groups in total. The van der Waals surface area contributed by atoms with Crippen LogP contribution in [-0.4, -0.2) is 31.9 Å². The zero-order valence-corrected chi connectivity index (χ0v) is 9.67. The summed E-state index contributed by atoms with van der Waals surface area (Å²) in [7, 11) is 0. The number of fused-ring (bicyclic) bond motifs is 1. The van der Waals surface area contributed by atoms with Crippen molar-refractivity contribution in [3.8, 4) is 0 Å². The first-order valence-electron chi connectivity index (χ1n) is 5.72. The number of nitrogens with zero attached hydrogens (tertiary/aromatic N) is 4. The second-order valence-electron chi connectivity index (χ2n) is 3.89. The van der Waals surface area contributed by atoms with Gasteiger partial charge in [0.1, 0.15) is 12.2 Å². The second kappa shape index (κ2) is 4.79. The van der Waals surface area contributed by atoms with Gasteiger partial charge in [-0.25, -0.2) is 4.98 Å². The van der Waals surface area contributed by atoms with Crippen LogP contribution in [0.2, 0.25) is 0 Å². The number of aromatic amines is 1. The van der Waals surface area contributed by atoms with E-state index in [2.05, 4.69) is 30.7 Å². The van der Waals surface area contributed by atoms with E-state index in [1.165, 1.54) is 6.33 Å². The fourth-order valence-corrected chi connectivity index (χ4v) is 1.81. The molecule has 0 bridgehead atoms. The Morgan fingerprint density at radius 1 is 1.22 bits per heavy atom. The fourth-order valence-electron chi connectivity index (χ4n) is 1.81. The predicted molar refractivity (Wildman–Crippen MR) is 68.1 cm³/mol. The van der Waals surface area contributed by atoms with Gasteiger partial charge < -0.3 is 5.32 Å². The van der Waals surface area contributed by atoms with Crippen LogP contribution in [-0.2, 0) is 6.42 Å². The van der Waals surface area contributed by atoms with E-state index in [0.717, 1.165) is 35.4 Å². The highest BCUT2D eigenvalue weighted by atomic mass is 15.2. The van der Waals surface area contributed by atoms with Crippen molar-refractivity contribution in [1.29, 1.82) is 0 Å². The minimum Gasteiger partial charge on any atom is -0.368 e. The van der Waals surface area contributed by atoms with Crippen molar-refractivity contribution in [2.75, 3.05) is 11.9 Å². The van der Waals surface area contributed by atoms with Gasteiger partial charge in [-0.3, -0.25) is 5.10 Å². The highest BCUT2D eigenvalue weighted by molar-refractivity contribution is 5.90. The van der Waals surface area contributed by atoms with E-state index in [4.69, 9.17) is 0 Å². The average Bonchev–Trinajstić information content (AvgIpc) is 2.92. The van der Waals surface area contributed by atoms with Crippen molar-refractivity contribution in [1.82, 2.24) is 25.4 Å². The normalized spacial score (nSPS) is 10.7. The van der Waals surface area contributed by atoms with E-state index >= 15 is 0 Å². The number of rotatable bonds is 4. The molecule has 90 valence electrons. The van der Waals surface area contributed by atoms with Gasteiger partial charge in [0.15, 0.2) is 5.82 Å². The minimum absolute atomic E-state index is 0.734.